The number of nitrogens with one attached hydrogen (secondary N) is 2. The van der Waals surface area contributed by atoms with Gasteiger partial charge in [0.2, 0.25) is 15.9 Å². The number of unbranched alkanes of at least 4 members (excludes halogenated alkanes) is 2. The number of carboxylic acids is 1. The number of benzene rings is 1. The Morgan fingerprint density at radius 3 is 2.41 bits per heavy atom. The molecule has 0 radical (unpaired) electrons. The first-order valence-corrected chi connectivity index (χ1v) is 10.2. The summed E-state index contributed by atoms with van der Waals surface area (Å²) in [6, 6.07) is 7.17. The number of amides is 1. The van der Waals surface area contributed by atoms with Crippen LogP contribution in [0.2, 0.25) is 0 Å². The molecule has 0 aliphatic carbocycles. The van der Waals surface area contributed by atoms with Gasteiger partial charge in [0.25, 0.3) is 0 Å². The Labute approximate surface area is 159 Å². The molecule has 0 bridgehead atoms. The van der Waals surface area contributed by atoms with Crippen LogP contribution in [-0.2, 0) is 26.0 Å². The van der Waals surface area contributed by atoms with E-state index in [-0.39, 0.29) is 12.2 Å². The number of aliphatic carboxylic acids is 1. The van der Waals surface area contributed by atoms with Crippen LogP contribution in [0.1, 0.15) is 31.7 Å². The normalized spacial score (nSPS) is 12.3. The Bertz CT molecular complexity index is 752. The molecule has 1 rings (SSSR count). The zero-order valence-corrected chi connectivity index (χ0v) is 16.0. The molecule has 0 spiro atoms. The lowest BCUT2D eigenvalue weighted by Gasteiger charge is -2.27. The van der Waals surface area contributed by atoms with Crippen molar-refractivity contribution in [3.63, 3.8) is 0 Å². The summed E-state index contributed by atoms with van der Waals surface area (Å²) in [5.74, 6) is -3.12. The van der Waals surface area contributed by atoms with Gasteiger partial charge in [0.05, 0.1) is 12.3 Å². The van der Waals surface area contributed by atoms with Gasteiger partial charge >= 0.3 is 5.97 Å². The molecule has 1 aromatic rings. The molecule has 0 aliphatic rings. The molecule has 0 aliphatic heterocycles. The molecule has 9 nitrogen and oxygen atoms in total. The van der Waals surface area contributed by atoms with Crippen molar-refractivity contribution < 1.29 is 23.1 Å². The minimum Gasteiger partial charge on any atom is -0.480 e. The van der Waals surface area contributed by atoms with E-state index >= 15 is 0 Å². The second-order valence-electron chi connectivity index (χ2n) is 6.04. The van der Waals surface area contributed by atoms with Crippen LogP contribution in [0.4, 0.5) is 0 Å². The smallest absolute Gasteiger partial charge is 0.327 e. The molecule has 0 aromatic heterocycles. The maximum absolute atomic E-state index is 12.4. The third-order valence-electron chi connectivity index (χ3n) is 3.86. The third-order valence-corrected chi connectivity index (χ3v) is 5.27. The molecule has 27 heavy (non-hydrogen) atoms. The SMILES string of the molecule is CCCCCS(=O)(=O)NCC(=O)N(C(=N)N)C(Cc1ccccc1)C(=O)O. The quantitative estimate of drug-likeness (QED) is 0.242. The summed E-state index contributed by atoms with van der Waals surface area (Å²) in [6.07, 6.45) is 1.99. The molecule has 0 fully saturated rings. The van der Waals surface area contributed by atoms with Crippen LogP contribution < -0.4 is 10.5 Å². The number of carbonyl (C=O) groups is 2. The Hall–Kier alpha value is -2.46. The Morgan fingerprint density at radius 2 is 1.89 bits per heavy atom. The molecule has 150 valence electrons. The molecular formula is C17H26N4O5S. The van der Waals surface area contributed by atoms with Crippen LogP contribution in [0.3, 0.4) is 0 Å². The monoisotopic (exact) mass is 398 g/mol. The van der Waals surface area contributed by atoms with Crippen LogP contribution >= 0.6 is 0 Å². The van der Waals surface area contributed by atoms with Gasteiger partial charge in [0, 0.05) is 6.42 Å². The summed E-state index contributed by atoms with van der Waals surface area (Å²) < 4.78 is 26.0. The zero-order chi connectivity index (χ0) is 20.4. The summed E-state index contributed by atoms with van der Waals surface area (Å²) in [5.41, 5.74) is 6.06. The van der Waals surface area contributed by atoms with Crippen LogP contribution in [0.15, 0.2) is 30.3 Å². The van der Waals surface area contributed by atoms with Crippen molar-refractivity contribution in [2.24, 2.45) is 5.73 Å². The predicted octanol–water partition coefficient (Wildman–Crippen LogP) is 0.514. The minimum absolute atomic E-state index is 0.0647. The fourth-order valence-corrected chi connectivity index (χ4v) is 3.55. The van der Waals surface area contributed by atoms with E-state index in [0.29, 0.717) is 16.9 Å². The van der Waals surface area contributed by atoms with E-state index in [9.17, 15) is 23.1 Å². The van der Waals surface area contributed by atoms with Gasteiger partial charge in [-0.25, -0.2) is 17.9 Å². The topological polar surface area (TPSA) is 154 Å². The summed E-state index contributed by atoms with van der Waals surface area (Å²) in [6.45, 7) is 1.28. The van der Waals surface area contributed by atoms with Crippen molar-refractivity contribution in [1.29, 1.82) is 5.41 Å². The Morgan fingerprint density at radius 1 is 1.26 bits per heavy atom. The number of hydrogen-bond donors (Lipinski definition) is 4. The molecule has 1 atom stereocenters. The molecule has 1 unspecified atom stereocenters. The lowest BCUT2D eigenvalue weighted by Crippen LogP contribution is -2.55. The zero-order valence-electron chi connectivity index (χ0n) is 15.2. The third kappa shape index (κ3) is 7.75. The molecule has 5 N–H and O–H groups in total. The van der Waals surface area contributed by atoms with Gasteiger partial charge < -0.3 is 10.8 Å². The molecule has 1 aromatic carbocycles. The van der Waals surface area contributed by atoms with E-state index in [1.165, 1.54) is 0 Å². The largest absolute Gasteiger partial charge is 0.480 e. The van der Waals surface area contributed by atoms with Gasteiger partial charge in [-0.05, 0) is 12.0 Å². The van der Waals surface area contributed by atoms with E-state index in [1.807, 2.05) is 6.92 Å². The van der Waals surface area contributed by atoms with Crippen molar-refractivity contribution >= 4 is 27.9 Å². The summed E-state index contributed by atoms with van der Waals surface area (Å²) >= 11 is 0. The average molecular weight is 398 g/mol. The fraction of sp³-hybridized carbons (Fsp3) is 0.471. The van der Waals surface area contributed by atoms with E-state index in [1.54, 1.807) is 30.3 Å². The lowest BCUT2D eigenvalue weighted by atomic mass is 10.0. The second-order valence-corrected chi connectivity index (χ2v) is 7.97. The van der Waals surface area contributed by atoms with Gasteiger partial charge in [0.1, 0.15) is 6.04 Å². The first-order valence-electron chi connectivity index (χ1n) is 8.58. The maximum Gasteiger partial charge on any atom is 0.327 e. The highest BCUT2D eigenvalue weighted by atomic mass is 32.2. The van der Waals surface area contributed by atoms with Crippen LogP contribution in [0.5, 0.6) is 0 Å². The number of nitrogens with zero attached hydrogens (tertiary/aromatic N) is 1. The first kappa shape index (κ1) is 22.6. The van der Waals surface area contributed by atoms with Crippen molar-refractivity contribution in [2.45, 2.75) is 38.6 Å². The number of carbonyl (C=O) groups excluding carboxylic acids is 1. The molecule has 0 saturated carbocycles. The van der Waals surface area contributed by atoms with E-state index in [4.69, 9.17) is 11.1 Å². The highest BCUT2D eigenvalue weighted by Crippen LogP contribution is 2.10. The van der Waals surface area contributed by atoms with Crippen molar-refractivity contribution in [1.82, 2.24) is 9.62 Å². The summed E-state index contributed by atoms with van der Waals surface area (Å²) in [4.78, 5) is 24.7. The molecule has 0 heterocycles. The Kier molecular flexibility index (Phi) is 8.89. The maximum atomic E-state index is 12.4. The van der Waals surface area contributed by atoms with E-state index in [2.05, 4.69) is 4.72 Å². The highest BCUT2D eigenvalue weighted by molar-refractivity contribution is 7.89. The van der Waals surface area contributed by atoms with Gasteiger partial charge in [0.15, 0.2) is 5.96 Å². The van der Waals surface area contributed by atoms with Crippen LogP contribution in [-0.4, -0.2) is 54.6 Å². The highest BCUT2D eigenvalue weighted by Gasteiger charge is 2.32. The van der Waals surface area contributed by atoms with Gasteiger partial charge in [-0.15, -0.1) is 0 Å². The van der Waals surface area contributed by atoms with Crippen molar-refractivity contribution in [3.8, 4) is 0 Å². The molecular weight excluding hydrogens is 372 g/mol. The standard InChI is InChI=1S/C17H26N4O5S/c1-2-3-7-10-27(25,26)20-12-15(22)21(17(18)19)14(16(23)24)11-13-8-5-4-6-9-13/h4-6,8-9,14,20H,2-3,7,10-12H2,1H3,(H3,18,19)(H,23,24). The summed E-state index contributed by atoms with van der Waals surface area (Å²) in [7, 11) is -3.67. The number of carboxylic acid groups (broad SMARTS) is 1. The van der Waals surface area contributed by atoms with Crippen molar-refractivity contribution in [2.75, 3.05) is 12.3 Å². The lowest BCUT2D eigenvalue weighted by molar-refractivity contribution is -0.146. The van der Waals surface area contributed by atoms with Gasteiger partial charge in [-0.2, -0.15) is 0 Å². The van der Waals surface area contributed by atoms with Crippen LogP contribution in [0.25, 0.3) is 0 Å². The Balaban J connectivity index is 2.86. The minimum atomic E-state index is -3.67. The van der Waals surface area contributed by atoms with E-state index < -0.39 is 40.4 Å². The summed E-state index contributed by atoms with van der Waals surface area (Å²) in [5, 5.41) is 17.1. The van der Waals surface area contributed by atoms with E-state index in [0.717, 1.165) is 12.8 Å². The molecule has 10 heteroatoms. The van der Waals surface area contributed by atoms with Gasteiger partial charge in [-0.3, -0.25) is 15.1 Å². The number of guanidine groups is 1. The second kappa shape index (κ2) is 10.6. The molecule has 0 saturated heterocycles. The average Bonchev–Trinajstić information content (AvgIpc) is 2.60. The predicted molar refractivity (Wildman–Crippen MR) is 102 cm³/mol. The van der Waals surface area contributed by atoms with Crippen molar-refractivity contribution in [3.05, 3.63) is 35.9 Å². The van der Waals surface area contributed by atoms with Gasteiger partial charge in [-0.1, -0.05) is 50.1 Å². The number of sulfonamides is 1. The fourth-order valence-electron chi connectivity index (χ4n) is 2.47. The number of hydrogen-bond acceptors (Lipinski definition) is 5. The first-order chi connectivity index (χ1) is 12.7. The van der Waals surface area contributed by atoms with Crippen LogP contribution in [0, 0.1) is 5.41 Å². The number of nitrogens with two attached hydrogens (primary N) is 1. The molecule has 1 amide bonds. The number of rotatable bonds is 11.